The van der Waals surface area contributed by atoms with E-state index in [0.717, 1.165) is 0 Å². The second kappa shape index (κ2) is 4.35. The summed E-state index contributed by atoms with van der Waals surface area (Å²) in [6, 6.07) is 8.17. The average molecular weight is 216 g/mol. The minimum Gasteiger partial charge on any atom is -0.437 e. The first-order chi connectivity index (χ1) is 7.77. The van der Waals surface area contributed by atoms with Gasteiger partial charge < -0.3 is 10.5 Å². The van der Waals surface area contributed by atoms with Gasteiger partial charge in [-0.15, -0.1) is 5.10 Å². The summed E-state index contributed by atoms with van der Waals surface area (Å²) in [5.74, 6) is 0.0387. The molecule has 0 atom stereocenters. The van der Waals surface area contributed by atoms with Crippen molar-refractivity contribution >= 4 is 5.91 Å². The molecule has 0 unspecified atom stereocenters. The molecule has 2 rings (SSSR count). The largest absolute Gasteiger partial charge is 0.437 e. The number of hydrogen-bond acceptors (Lipinski definition) is 5. The summed E-state index contributed by atoms with van der Waals surface area (Å²) in [7, 11) is 0. The van der Waals surface area contributed by atoms with E-state index in [9.17, 15) is 4.79 Å². The van der Waals surface area contributed by atoms with Crippen LogP contribution in [0.15, 0.2) is 36.5 Å². The maximum absolute atomic E-state index is 11.1. The minimum atomic E-state index is -0.558. The number of nitrogens with zero attached hydrogens (tertiary/aromatic N) is 3. The SMILES string of the molecule is NC(=O)c1ccccc1Oc1ccnnn1. The van der Waals surface area contributed by atoms with Crippen molar-refractivity contribution in [3.63, 3.8) is 0 Å². The zero-order chi connectivity index (χ0) is 11.4. The first-order valence-electron chi connectivity index (χ1n) is 4.48. The van der Waals surface area contributed by atoms with Gasteiger partial charge in [-0.25, -0.2) is 0 Å². The van der Waals surface area contributed by atoms with Crippen molar-refractivity contribution in [3.8, 4) is 11.6 Å². The van der Waals surface area contributed by atoms with E-state index in [2.05, 4.69) is 15.4 Å². The van der Waals surface area contributed by atoms with E-state index in [1.54, 1.807) is 24.3 Å². The van der Waals surface area contributed by atoms with Crippen LogP contribution in [0.1, 0.15) is 10.4 Å². The van der Waals surface area contributed by atoms with Gasteiger partial charge in [0.1, 0.15) is 5.75 Å². The summed E-state index contributed by atoms with van der Waals surface area (Å²) in [5, 5.41) is 10.6. The highest BCUT2D eigenvalue weighted by Crippen LogP contribution is 2.22. The van der Waals surface area contributed by atoms with Crippen LogP contribution in [0.25, 0.3) is 0 Å². The minimum absolute atomic E-state index is 0.253. The second-order valence-corrected chi connectivity index (χ2v) is 2.92. The lowest BCUT2D eigenvalue weighted by Crippen LogP contribution is -2.12. The molecule has 16 heavy (non-hydrogen) atoms. The van der Waals surface area contributed by atoms with Crippen molar-refractivity contribution < 1.29 is 9.53 Å². The highest BCUT2D eigenvalue weighted by atomic mass is 16.5. The van der Waals surface area contributed by atoms with Crippen LogP contribution in [0.5, 0.6) is 11.6 Å². The van der Waals surface area contributed by atoms with Gasteiger partial charge in [-0.1, -0.05) is 17.2 Å². The van der Waals surface area contributed by atoms with Crippen LogP contribution < -0.4 is 10.5 Å². The van der Waals surface area contributed by atoms with Crippen LogP contribution in [0.2, 0.25) is 0 Å². The topological polar surface area (TPSA) is 91.0 Å². The number of nitrogens with two attached hydrogens (primary N) is 1. The number of rotatable bonds is 3. The third-order valence-corrected chi connectivity index (χ3v) is 1.85. The van der Waals surface area contributed by atoms with E-state index in [1.165, 1.54) is 12.3 Å². The third kappa shape index (κ3) is 2.11. The van der Waals surface area contributed by atoms with Crippen LogP contribution in [0, 0.1) is 0 Å². The normalized spacial score (nSPS) is 9.75. The van der Waals surface area contributed by atoms with Crippen LogP contribution in [-0.2, 0) is 0 Å². The van der Waals surface area contributed by atoms with Crippen molar-refractivity contribution in [2.75, 3.05) is 0 Å². The summed E-state index contributed by atoms with van der Waals surface area (Å²) >= 11 is 0. The van der Waals surface area contributed by atoms with E-state index in [0.29, 0.717) is 11.3 Å². The van der Waals surface area contributed by atoms with Crippen molar-refractivity contribution in [1.29, 1.82) is 0 Å². The van der Waals surface area contributed by atoms with Gasteiger partial charge in [0, 0.05) is 6.07 Å². The van der Waals surface area contributed by atoms with Crippen molar-refractivity contribution in [2.45, 2.75) is 0 Å². The first kappa shape index (κ1) is 10.0. The predicted octanol–water partition coefficient (Wildman–Crippen LogP) is 0.763. The first-order valence-corrected chi connectivity index (χ1v) is 4.48. The van der Waals surface area contributed by atoms with Gasteiger partial charge >= 0.3 is 0 Å². The van der Waals surface area contributed by atoms with E-state index in [-0.39, 0.29) is 5.88 Å². The van der Waals surface area contributed by atoms with Gasteiger partial charge in [-0.3, -0.25) is 4.79 Å². The highest BCUT2D eigenvalue weighted by Gasteiger charge is 2.09. The Labute approximate surface area is 91.1 Å². The maximum Gasteiger partial charge on any atom is 0.252 e. The van der Waals surface area contributed by atoms with Gasteiger partial charge in [0.15, 0.2) is 0 Å². The lowest BCUT2D eigenvalue weighted by Gasteiger charge is -2.06. The molecule has 0 saturated heterocycles. The molecule has 0 fully saturated rings. The Hall–Kier alpha value is -2.50. The van der Waals surface area contributed by atoms with Gasteiger partial charge in [-0.2, -0.15) is 0 Å². The number of aromatic nitrogens is 3. The van der Waals surface area contributed by atoms with Crippen LogP contribution in [0.3, 0.4) is 0 Å². The number of carbonyl (C=O) groups is 1. The molecule has 0 radical (unpaired) electrons. The maximum atomic E-state index is 11.1. The molecule has 0 aliphatic rings. The molecule has 0 bridgehead atoms. The summed E-state index contributed by atoms with van der Waals surface area (Å²) in [6.45, 7) is 0. The fourth-order valence-corrected chi connectivity index (χ4v) is 1.16. The molecule has 6 nitrogen and oxygen atoms in total. The Bertz CT molecular complexity index is 501. The van der Waals surface area contributed by atoms with Crippen LogP contribution in [0.4, 0.5) is 0 Å². The number of benzene rings is 1. The molecule has 0 aliphatic heterocycles. The smallest absolute Gasteiger partial charge is 0.252 e. The van der Waals surface area contributed by atoms with Crippen LogP contribution >= 0.6 is 0 Å². The van der Waals surface area contributed by atoms with Gasteiger partial charge in [0.25, 0.3) is 5.91 Å². The average Bonchev–Trinajstić information content (AvgIpc) is 2.31. The molecular formula is C10H8N4O2. The summed E-state index contributed by atoms with van der Waals surface area (Å²) in [5.41, 5.74) is 5.49. The van der Waals surface area contributed by atoms with E-state index >= 15 is 0 Å². The van der Waals surface area contributed by atoms with Gasteiger partial charge in [-0.05, 0) is 17.3 Å². The molecule has 0 spiro atoms. The number of amides is 1. The summed E-state index contributed by atoms with van der Waals surface area (Å²) in [4.78, 5) is 11.1. The van der Waals surface area contributed by atoms with Crippen LogP contribution in [-0.4, -0.2) is 21.3 Å². The summed E-state index contributed by atoms with van der Waals surface area (Å²) in [6.07, 6.45) is 1.44. The molecular weight excluding hydrogens is 208 g/mol. The molecule has 6 heteroatoms. The molecule has 0 saturated carbocycles. The molecule has 80 valence electrons. The van der Waals surface area contributed by atoms with Crippen molar-refractivity contribution in [2.24, 2.45) is 5.73 Å². The standard InChI is InChI=1S/C10H8N4O2/c11-10(15)7-3-1-2-4-8(7)16-9-5-6-12-14-13-9/h1-6H,(H2,11,15). The Morgan fingerprint density at radius 3 is 2.75 bits per heavy atom. The highest BCUT2D eigenvalue weighted by molar-refractivity contribution is 5.95. The zero-order valence-electron chi connectivity index (χ0n) is 8.20. The molecule has 2 N–H and O–H groups in total. The Morgan fingerprint density at radius 1 is 1.25 bits per heavy atom. The van der Waals surface area contributed by atoms with Crippen molar-refractivity contribution in [3.05, 3.63) is 42.1 Å². The lowest BCUT2D eigenvalue weighted by molar-refractivity contribution is 0.0998. The number of para-hydroxylation sites is 1. The molecule has 1 amide bonds. The number of carbonyl (C=O) groups excluding carboxylic acids is 1. The number of ether oxygens (including phenoxy) is 1. The molecule has 1 aromatic carbocycles. The zero-order valence-corrected chi connectivity index (χ0v) is 8.20. The molecule has 1 heterocycles. The third-order valence-electron chi connectivity index (χ3n) is 1.85. The Kier molecular flexibility index (Phi) is 2.73. The summed E-state index contributed by atoms with van der Waals surface area (Å²) < 4.78 is 5.36. The Balaban J connectivity index is 2.31. The molecule has 1 aromatic heterocycles. The lowest BCUT2D eigenvalue weighted by atomic mass is 10.2. The molecule has 0 aliphatic carbocycles. The second-order valence-electron chi connectivity index (χ2n) is 2.92. The Morgan fingerprint density at radius 2 is 2.06 bits per heavy atom. The van der Waals surface area contributed by atoms with Crippen molar-refractivity contribution in [1.82, 2.24) is 15.4 Å². The van der Waals surface area contributed by atoms with E-state index in [4.69, 9.17) is 10.5 Å². The van der Waals surface area contributed by atoms with Gasteiger partial charge in [0.2, 0.25) is 5.88 Å². The van der Waals surface area contributed by atoms with E-state index < -0.39 is 5.91 Å². The fourth-order valence-electron chi connectivity index (χ4n) is 1.16. The number of hydrogen-bond donors (Lipinski definition) is 1. The fraction of sp³-hybridized carbons (Fsp3) is 0. The number of primary amides is 1. The molecule has 2 aromatic rings. The monoisotopic (exact) mass is 216 g/mol. The predicted molar refractivity (Wildman–Crippen MR) is 54.9 cm³/mol. The van der Waals surface area contributed by atoms with Gasteiger partial charge in [0.05, 0.1) is 11.8 Å². The van der Waals surface area contributed by atoms with E-state index in [1.807, 2.05) is 0 Å². The quantitative estimate of drug-likeness (QED) is 0.817.